The Labute approximate surface area is 250 Å². The normalized spacial score (nSPS) is 17.1. The van der Waals surface area contributed by atoms with Crippen LogP contribution in [0.15, 0.2) is 67.0 Å². The van der Waals surface area contributed by atoms with Crippen LogP contribution in [0.3, 0.4) is 0 Å². The molecule has 0 spiro atoms. The van der Waals surface area contributed by atoms with Gasteiger partial charge in [-0.1, -0.05) is 24.3 Å². The lowest BCUT2D eigenvalue weighted by Gasteiger charge is -2.32. The van der Waals surface area contributed by atoms with Crippen molar-refractivity contribution in [2.75, 3.05) is 18.6 Å². The van der Waals surface area contributed by atoms with Crippen LogP contribution in [0.25, 0.3) is 22.5 Å². The average molecular weight is 591 g/mol. The lowest BCUT2D eigenvalue weighted by molar-refractivity contribution is -0.130. The van der Waals surface area contributed by atoms with Crippen molar-refractivity contribution in [3.8, 4) is 28.3 Å². The molecule has 12 heteroatoms. The molecule has 0 radical (unpaired) electrons. The number of halogens is 1. The molecule has 2 aromatic heterocycles. The molecule has 1 fully saturated rings. The Morgan fingerprint density at radius 1 is 1.02 bits per heavy atom. The summed E-state index contributed by atoms with van der Waals surface area (Å²) in [6.07, 6.45) is 6.78. The third kappa shape index (κ3) is 6.81. The number of carbonyl (C=O) groups is 2. The smallest absolute Gasteiger partial charge is 0.251 e. The topological polar surface area (TPSA) is 166 Å². The molecule has 0 bridgehead atoms. The van der Waals surface area contributed by atoms with E-state index in [-0.39, 0.29) is 30.7 Å². The number of anilines is 1. The van der Waals surface area contributed by atoms with Crippen LogP contribution < -0.4 is 21.1 Å². The molecule has 0 aliphatic heterocycles. The van der Waals surface area contributed by atoms with Gasteiger partial charge < -0.3 is 16.2 Å². The van der Waals surface area contributed by atoms with Crippen molar-refractivity contribution in [1.29, 1.82) is 0 Å². The van der Waals surface area contributed by atoms with Gasteiger partial charge >= 0.3 is 0 Å². The van der Waals surface area contributed by atoms with Crippen molar-refractivity contribution in [2.24, 2.45) is 23.3 Å². The van der Waals surface area contributed by atoms with E-state index < -0.39 is 11.9 Å². The highest BCUT2D eigenvalue weighted by molar-refractivity contribution is 6.17. The van der Waals surface area contributed by atoms with Crippen LogP contribution in [0.1, 0.15) is 31.2 Å². The van der Waals surface area contributed by atoms with Gasteiger partial charge in [0.05, 0.1) is 25.0 Å². The molecule has 2 amide bonds. The first kappa shape index (κ1) is 30.8. The molecular formula is C30H35ClN8O3. The highest BCUT2D eigenvalue weighted by atomic mass is 35.5. The summed E-state index contributed by atoms with van der Waals surface area (Å²) >= 11 is 0. The number of amides is 2. The van der Waals surface area contributed by atoms with E-state index in [4.69, 9.17) is 16.2 Å². The molecule has 1 aliphatic carbocycles. The molecular weight excluding hydrogens is 556 g/mol. The number of nitrogens with two attached hydrogens (primary N) is 2. The third-order valence-electron chi connectivity index (χ3n) is 7.74. The van der Waals surface area contributed by atoms with Crippen LogP contribution in [-0.2, 0) is 16.0 Å². The maximum atomic E-state index is 13.8. The number of carbonyl (C=O) groups excluding carboxylic acids is 2. The molecule has 2 heterocycles. The molecule has 5 rings (SSSR count). The van der Waals surface area contributed by atoms with E-state index >= 15 is 0 Å². The SMILES string of the molecule is COc1cnccc1-c1ccc(C[C@H](N)C(=O)N(C(=O)C2CCC(CN)CC2)c2ccc(-c3nn[nH]n3)cc2)cc1.Cl. The zero-order valence-electron chi connectivity index (χ0n) is 23.3. The number of H-pyrrole nitrogens is 1. The second kappa shape index (κ2) is 14.1. The van der Waals surface area contributed by atoms with Gasteiger partial charge in [0.15, 0.2) is 0 Å². The number of aromatic amines is 1. The van der Waals surface area contributed by atoms with Crippen LogP contribution in [-0.4, -0.2) is 57.1 Å². The predicted molar refractivity (Wildman–Crippen MR) is 162 cm³/mol. The van der Waals surface area contributed by atoms with Gasteiger partial charge in [-0.25, -0.2) is 4.90 Å². The second-order valence-electron chi connectivity index (χ2n) is 10.3. The van der Waals surface area contributed by atoms with Crippen molar-refractivity contribution < 1.29 is 14.3 Å². The molecule has 220 valence electrons. The molecule has 11 nitrogen and oxygen atoms in total. The van der Waals surface area contributed by atoms with Gasteiger partial charge in [-0.3, -0.25) is 14.6 Å². The monoisotopic (exact) mass is 590 g/mol. The van der Waals surface area contributed by atoms with E-state index in [2.05, 4.69) is 25.6 Å². The summed E-state index contributed by atoms with van der Waals surface area (Å²) in [6.45, 7) is 0.610. The number of nitrogens with zero attached hydrogens (tertiary/aromatic N) is 5. The van der Waals surface area contributed by atoms with E-state index in [1.807, 2.05) is 30.3 Å². The molecule has 5 N–H and O–H groups in total. The van der Waals surface area contributed by atoms with Gasteiger partial charge in [0.2, 0.25) is 11.7 Å². The van der Waals surface area contributed by atoms with E-state index in [9.17, 15) is 9.59 Å². The van der Waals surface area contributed by atoms with Crippen molar-refractivity contribution in [2.45, 2.75) is 38.1 Å². The molecule has 1 aliphatic rings. The summed E-state index contributed by atoms with van der Waals surface area (Å²) in [6, 6.07) is 15.7. The van der Waals surface area contributed by atoms with Crippen LogP contribution in [0, 0.1) is 11.8 Å². The van der Waals surface area contributed by atoms with Crippen molar-refractivity contribution >= 4 is 29.9 Å². The molecule has 42 heavy (non-hydrogen) atoms. The number of ether oxygens (including phenoxy) is 1. The largest absolute Gasteiger partial charge is 0.494 e. The number of rotatable bonds is 9. The van der Waals surface area contributed by atoms with Crippen molar-refractivity contribution in [1.82, 2.24) is 25.6 Å². The standard InChI is InChI=1S/C30H34N8O3.ClH/c1-41-27-18-33-15-14-25(27)21-6-2-19(3-7-21)16-26(32)30(40)38(29(39)23-8-4-20(17-31)5-9-23)24-12-10-22(11-13-24)28-34-36-37-35-28;/h2-3,6-7,10-15,18,20,23,26H,4-5,8-9,16-17,31-32H2,1H3,(H,34,35,36,37);1H/t20?,23?,26-;/m0./s1. The number of tetrazole rings is 1. The van der Waals surface area contributed by atoms with Gasteiger partial charge in [-0.05, 0) is 91.2 Å². The summed E-state index contributed by atoms with van der Waals surface area (Å²) in [7, 11) is 1.61. The summed E-state index contributed by atoms with van der Waals surface area (Å²) in [5.41, 5.74) is 16.3. The fourth-order valence-electron chi connectivity index (χ4n) is 5.34. The van der Waals surface area contributed by atoms with Crippen molar-refractivity contribution in [3.05, 3.63) is 72.6 Å². The van der Waals surface area contributed by atoms with E-state index in [1.165, 1.54) is 4.90 Å². The fraction of sp³-hybridized carbons (Fsp3) is 0.333. The third-order valence-corrected chi connectivity index (χ3v) is 7.74. The van der Waals surface area contributed by atoms with Gasteiger partial charge in [0.1, 0.15) is 5.75 Å². The van der Waals surface area contributed by atoms with Crippen molar-refractivity contribution in [3.63, 3.8) is 0 Å². The first-order chi connectivity index (χ1) is 20.0. The number of aromatic nitrogens is 5. The number of imide groups is 1. The maximum Gasteiger partial charge on any atom is 0.251 e. The van der Waals surface area contributed by atoms with Gasteiger partial charge in [0.25, 0.3) is 5.91 Å². The number of benzene rings is 2. The minimum Gasteiger partial charge on any atom is -0.494 e. The molecule has 1 atom stereocenters. The maximum absolute atomic E-state index is 13.8. The quantitative estimate of drug-likeness (QED) is 0.264. The Hall–Kier alpha value is -4.19. The molecule has 0 saturated heterocycles. The predicted octanol–water partition coefficient (Wildman–Crippen LogP) is 3.55. The summed E-state index contributed by atoms with van der Waals surface area (Å²) in [5, 5.41) is 14.0. The number of hydrogen-bond donors (Lipinski definition) is 3. The minimum absolute atomic E-state index is 0. The number of hydrogen-bond acceptors (Lipinski definition) is 9. The average Bonchev–Trinajstić information content (AvgIpc) is 3.57. The van der Waals surface area contributed by atoms with E-state index in [0.29, 0.717) is 48.1 Å². The summed E-state index contributed by atoms with van der Waals surface area (Å²) in [5.74, 6) is 0.573. The molecule has 2 aromatic carbocycles. The minimum atomic E-state index is -0.919. The molecule has 0 unspecified atom stereocenters. The van der Waals surface area contributed by atoms with Gasteiger partial charge in [0, 0.05) is 23.2 Å². The zero-order valence-corrected chi connectivity index (χ0v) is 24.2. The summed E-state index contributed by atoms with van der Waals surface area (Å²) in [4.78, 5) is 33.0. The van der Waals surface area contributed by atoms with Crippen LogP contribution in [0.2, 0.25) is 0 Å². The first-order valence-corrected chi connectivity index (χ1v) is 13.7. The van der Waals surface area contributed by atoms with Crippen LogP contribution in [0.4, 0.5) is 5.69 Å². The summed E-state index contributed by atoms with van der Waals surface area (Å²) < 4.78 is 5.42. The number of methoxy groups -OCH3 is 1. The lowest BCUT2D eigenvalue weighted by Crippen LogP contribution is -2.50. The highest BCUT2D eigenvalue weighted by Gasteiger charge is 2.35. The fourth-order valence-corrected chi connectivity index (χ4v) is 5.34. The van der Waals surface area contributed by atoms with E-state index in [1.54, 1.807) is 43.8 Å². The number of pyridine rings is 1. The molecule has 4 aromatic rings. The Bertz CT molecular complexity index is 1460. The zero-order chi connectivity index (χ0) is 28.8. The van der Waals surface area contributed by atoms with E-state index in [0.717, 1.165) is 29.5 Å². The second-order valence-corrected chi connectivity index (χ2v) is 10.3. The first-order valence-electron chi connectivity index (χ1n) is 13.7. The Morgan fingerprint density at radius 2 is 1.71 bits per heavy atom. The Balaban J connectivity index is 0.00000405. The Kier molecular flexibility index (Phi) is 10.3. The highest BCUT2D eigenvalue weighted by Crippen LogP contribution is 2.32. The van der Waals surface area contributed by atoms with Crippen LogP contribution in [0.5, 0.6) is 5.75 Å². The number of nitrogens with one attached hydrogen (secondary N) is 1. The van der Waals surface area contributed by atoms with Gasteiger partial charge in [-0.2, -0.15) is 5.21 Å². The van der Waals surface area contributed by atoms with Crippen LogP contribution >= 0.6 is 12.4 Å². The lowest BCUT2D eigenvalue weighted by atomic mass is 9.81. The van der Waals surface area contributed by atoms with Gasteiger partial charge in [-0.15, -0.1) is 22.6 Å². The molecule has 1 saturated carbocycles. The Morgan fingerprint density at radius 3 is 2.33 bits per heavy atom.